The van der Waals surface area contributed by atoms with Crippen LogP contribution in [0, 0.1) is 17.5 Å². The van der Waals surface area contributed by atoms with Crippen LogP contribution in [0.1, 0.15) is 41.8 Å². The van der Waals surface area contributed by atoms with Gasteiger partial charge in [-0.2, -0.15) is 0 Å². The SMILES string of the molecule is CCN(CC)c1cnc2ccc(C(=O)c3c(F)c(F)cc(CCCN[SH](=O)=O)c3F)cc2n1. The van der Waals surface area contributed by atoms with Crippen molar-refractivity contribution in [3.63, 3.8) is 0 Å². The molecule has 0 amide bonds. The van der Waals surface area contributed by atoms with E-state index in [9.17, 15) is 22.0 Å². The normalized spacial score (nSPS) is 11.3. The molecule has 1 heterocycles. The molecular weight excluding hydrogens is 457 g/mol. The van der Waals surface area contributed by atoms with Crippen LogP contribution in [-0.2, 0) is 17.3 Å². The number of nitrogens with zero attached hydrogens (tertiary/aromatic N) is 3. The van der Waals surface area contributed by atoms with E-state index in [2.05, 4.69) is 14.7 Å². The summed E-state index contributed by atoms with van der Waals surface area (Å²) in [7, 11) is -2.82. The second kappa shape index (κ2) is 10.7. The van der Waals surface area contributed by atoms with Crippen molar-refractivity contribution in [3.8, 4) is 0 Å². The van der Waals surface area contributed by atoms with Gasteiger partial charge in [-0.3, -0.25) is 9.78 Å². The summed E-state index contributed by atoms with van der Waals surface area (Å²) in [5, 5.41) is 0. The quantitative estimate of drug-likeness (QED) is 0.200. The largest absolute Gasteiger partial charge is 0.356 e. The Bertz CT molecular complexity index is 1260. The van der Waals surface area contributed by atoms with Gasteiger partial charge in [-0.15, -0.1) is 0 Å². The maximum atomic E-state index is 15.0. The zero-order chi connectivity index (χ0) is 24.1. The molecule has 11 heteroatoms. The molecule has 0 aliphatic carbocycles. The van der Waals surface area contributed by atoms with Crippen LogP contribution in [-0.4, -0.2) is 43.8 Å². The Kier molecular flexibility index (Phi) is 7.98. The Labute approximate surface area is 190 Å². The molecule has 1 aromatic heterocycles. The summed E-state index contributed by atoms with van der Waals surface area (Å²) >= 11 is 0. The second-order valence-corrected chi connectivity index (χ2v) is 8.05. The number of ketones is 1. The highest BCUT2D eigenvalue weighted by Crippen LogP contribution is 2.25. The number of nitrogens with one attached hydrogen (secondary N) is 1. The molecule has 0 atom stereocenters. The van der Waals surface area contributed by atoms with E-state index in [4.69, 9.17) is 0 Å². The average molecular weight is 481 g/mol. The summed E-state index contributed by atoms with van der Waals surface area (Å²) in [6.45, 7) is 5.30. The van der Waals surface area contributed by atoms with Crippen molar-refractivity contribution >= 4 is 33.5 Å². The molecule has 7 nitrogen and oxygen atoms in total. The van der Waals surface area contributed by atoms with E-state index in [1.165, 1.54) is 18.2 Å². The molecule has 3 aromatic rings. The first-order valence-electron chi connectivity index (χ1n) is 10.4. The molecule has 0 unspecified atom stereocenters. The predicted octanol–water partition coefficient (Wildman–Crippen LogP) is 3.17. The van der Waals surface area contributed by atoms with Crippen LogP contribution in [0.15, 0.2) is 30.5 Å². The first kappa shape index (κ1) is 24.6. The van der Waals surface area contributed by atoms with E-state index < -0.39 is 39.7 Å². The van der Waals surface area contributed by atoms with Gasteiger partial charge in [0.15, 0.2) is 17.4 Å². The third-order valence-corrected chi connectivity index (χ3v) is 5.68. The first-order chi connectivity index (χ1) is 15.8. The monoisotopic (exact) mass is 480 g/mol. The molecule has 0 saturated heterocycles. The van der Waals surface area contributed by atoms with E-state index in [0.29, 0.717) is 36.0 Å². The fourth-order valence-electron chi connectivity index (χ4n) is 3.47. The van der Waals surface area contributed by atoms with Crippen molar-refractivity contribution in [2.24, 2.45) is 0 Å². The number of carbonyl (C=O) groups excluding carboxylic acids is 1. The van der Waals surface area contributed by atoms with Gasteiger partial charge in [0.2, 0.25) is 10.9 Å². The van der Waals surface area contributed by atoms with Crippen LogP contribution >= 0.6 is 0 Å². The van der Waals surface area contributed by atoms with Gasteiger partial charge in [-0.25, -0.2) is 31.3 Å². The summed E-state index contributed by atoms with van der Waals surface area (Å²) in [6.07, 6.45) is 1.65. The van der Waals surface area contributed by atoms with Crippen molar-refractivity contribution < 1.29 is 26.4 Å². The van der Waals surface area contributed by atoms with Crippen molar-refractivity contribution in [2.75, 3.05) is 24.5 Å². The molecule has 1 N–H and O–H groups in total. The Balaban J connectivity index is 1.98. The minimum atomic E-state index is -2.82. The number of hydrogen-bond donors (Lipinski definition) is 2. The summed E-state index contributed by atoms with van der Waals surface area (Å²) < 4.78 is 66.9. The molecule has 3 rings (SSSR count). The highest BCUT2D eigenvalue weighted by atomic mass is 32.2. The van der Waals surface area contributed by atoms with Gasteiger partial charge in [0, 0.05) is 25.2 Å². The lowest BCUT2D eigenvalue weighted by Crippen LogP contribution is -2.23. The van der Waals surface area contributed by atoms with Crippen molar-refractivity contribution in [2.45, 2.75) is 26.7 Å². The minimum Gasteiger partial charge on any atom is -0.356 e. The third kappa shape index (κ3) is 5.48. The lowest BCUT2D eigenvalue weighted by Gasteiger charge is -2.19. The fraction of sp³-hybridized carbons (Fsp3) is 0.318. The molecule has 0 fully saturated rings. The second-order valence-electron chi connectivity index (χ2n) is 7.22. The van der Waals surface area contributed by atoms with Gasteiger partial charge in [0.25, 0.3) is 0 Å². The van der Waals surface area contributed by atoms with Crippen LogP contribution < -0.4 is 9.62 Å². The zero-order valence-electron chi connectivity index (χ0n) is 18.1. The summed E-state index contributed by atoms with van der Waals surface area (Å²) in [5.41, 5.74) is -0.425. The summed E-state index contributed by atoms with van der Waals surface area (Å²) in [4.78, 5) is 23.8. The van der Waals surface area contributed by atoms with Crippen LogP contribution in [0.2, 0.25) is 0 Å². The summed E-state index contributed by atoms with van der Waals surface area (Å²) in [5.74, 6) is -4.54. The number of halogens is 3. The number of thiol groups is 1. The van der Waals surface area contributed by atoms with E-state index in [0.717, 1.165) is 0 Å². The average Bonchev–Trinajstić information content (AvgIpc) is 2.80. The summed E-state index contributed by atoms with van der Waals surface area (Å²) in [6, 6.07) is 4.92. The maximum Gasteiger partial charge on any atom is 0.201 e. The first-order valence-corrected chi connectivity index (χ1v) is 11.5. The minimum absolute atomic E-state index is 0.00136. The van der Waals surface area contributed by atoms with Crippen molar-refractivity contribution in [1.29, 1.82) is 0 Å². The smallest absolute Gasteiger partial charge is 0.201 e. The number of fused-ring (bicyclic) bond motifs is 1. The van der Waals surface area contributed by atoms with E-state index in [-0.39, 0.29) is 30.5 Å². The van der Waals surface area contributed by atoms with Crippen molar-refractivity contribution in [3.05, 3.63) is 64.6 Å². The van der Waals surface area contributed by atoms with E-state index in [1.807, 2.05) is 18.7 Å². The number of rotatable bonds is 10. The highest BCUT2D eigenvalue weighted by molar-refractivity contribution is 7.70. The number of hydrogen-bond acceptors (Lipinski definition) is 6. The highest BCUT2D eigenvalue weighted by Gasteiger charge is 2.25. The van der Waals surface area contributed by atoms with Crippen LogP contribution in [0.3, 0.4) is 0 Å². The number of carbonyl (C=O) groups is 1. The van der Waals surface area contributed by atoms with Gasteiger partial charge in [-0.1, -0.05) is 0 Å². The number of aryl methyl sites for hydroxylation is 1. The lowest BCUT2D eigenvalue weighted by molar-refractivity contribution is 0.102. The van der Waals surface area contributed by atoms with Crippen LogP contribution in [0.4, 0.5) is 19.0 Å². The van der Waals surface area contributed by atoms with Gasteiger partial charge in [-0.05, 0) is 56.5 Å². The standard InChI is InChI=1S/C22H23F3N4O3S/c1-3-29(4-2)18-12-26-16-8-7-14(11-17(16)28-18)22(30)19-20(24)13(10-15(23)21(19)25)6-5-9-27-33(31)32/h7-8,10-12,33H,3-6,9H2,1-2H3,(H,27,31,32). The topological polar surface area (TPSA) is 92.3 Å². The third-order valence-electron chi connectivity index (χ3n) is 5.20. The molecular formula is C22H23F3N4O3S. The van der Waals surface area contributed by atoms with Gasteiger partial charge in [0.1, 0.15) is 11.6 Å². The molecule has 0 bridgehead atoms. The van der Waals surface area contributed by atoms with Gasteiger partial charge < -0.3 is 4.90 Å². The van der Waals surface area contributed by atoms with E-state index in [1.54, 1.807) is 6.20 Å². The van der Waals surface area contributed by atoms with Gasteiger partial charge >= 0.3 is 0 Å². The van der Waals surface area contributed by atoms with Gasteiger partial charge in [0.05, 0.1) is 22.8 Å². The Morgan fingerprint density at radius 1 is 1.06 bits per heavy atom. The number of anilines is 1. The molecule has 2 aromatic carbocycles. The lowest BCUT2D eigenvalue weighted by atomic mass is 9.97. The fourth-order valence-corrected chi connectivity index (χ4v) is 3.81. The molecule has 0 spiro atoms. The Morgan fingerprint density at radius 3 is 2.45 bits per heavy atom. The zero-order valence-corrected chi connectivity index (χ0v) is 19.0. The molecule has 0 aliphatic rings. The van der Waals surface area contributed by atoms with E-state index >= 15 is 4.39 Å². The molecule has 0 radical (unpaired) electrons. The van der Waals surface area contributed by atoms with Crippen LogP contribution in [0.25, 0.3) is 11.0 Å². The molecule has 0 saturated carbocycles. The Morgan fingerprint density at radius 2 is 1.79 bits per heavy atom. The Hall–Kier alpha value is -3.05. The molecule has 176 valence electrons. The number of benzene rings is 2. The molecule has 0 aliphatic heterocycles. The maximum absolute atomic E-state index is 15.0. The van der Waals surface area contributed by atoms with Crippen LogP contribution in [0.5, 0.6) is 0 Å². The number of aromatic nitrogens is 2. The molecule has 33 heavy (non-hydrogen) atoms. The van der Waals surface area contributed by atoms with Crippen molar-refractivity contribution in [1.82, 2.24) is 14.7 Å². The predicted molar refractivity (Wildman–Crippen MR) is 119 cm³/mol.